The first-order valence-electron chi connectivity index (χ1n) is 5.73. The number of thioether (sulfide) groups is 1. The van der Waals surface area contributed by atoms with Crippen LogP contribution >= 0.6 is 27.7 Å². The molecule has 1 aromatic heterocycles. The van der Waals surface area contributed by atoms with E-state index in [1.54, 1.807) is 11.8 Å². The Morgan fingerprint density at radius 1 is 1.33 bits per heavy atom. The Morgan fingerprint density at radius 2 is 2.11 bits per heavy atom. The third-order valence-corrected chi connectivity index (χ3v) is 4.33. The van der Waals surface area contributed by atoms with E-state index in [4.69, 9.17) is 4.52 Å². The maximum absolute atomic E-state index is 5.25. The molecule has 0 saturated carbocycles. The third kappa shape index (κ3) is 2.76. The van der Waals surface area contributed by atoms with E-state index in [9.17, 15) is 0 Å². The SMILES string of the molecule is Brc1ccc(SCc2noc(C3CNC3)n2)cc1. The molecule has 0 radical (unpaired) electrons. The highest BCUT2D eigenvalue weighted by Crippen LogP contribution is 2.24. The van der Waals surface area contributed by atoms with E-state index in [1.165, 1.54) is 4.90 Å². The Bertz CT molecular complexity index is 524. The molecule has 0 spiro atoms. The Kier molecular flexibility index (Phi) is 3.67. The van der Waals surface area contributed by atoms with E-state index in [0.717, 1.165) is 35.0 Å². The molecule has 0 unspecified atom stereocenters. The van der Waals surface area contributed by atoms with Crippen molar-refractivity contribution in [2.75, 3.05) is 13.1 Å². The Labute approximate surface area is 118 Å². The van der Waals surface area contributed by atoms with Crippen molar-refractivity contribution >= 4 is 27.7 Å². The molecule has 0 aliphatic carbocycles. The van der Waals surface area contributed by atoms with Gasteiger partial charge >= 0.3 is 0 Å². The number of aromatic nitrogens is 2. The van der Waals surface area contributed by atoms with Crippen molar-refractivity contribution in [3.63, 3.8) is 0 Å². The normalized spacial score (nSPS) is 15.6. The maximum Gasteiger partial charge on any atom is 0.232 e. The van der Waals surface area contributed by atoms with E-state index in [-0.39, 0.29) is 0 Å². The molecule has 2 heterocycles. The minimum Gasteiger partial charge on any atom is -0.339 e. The second kappa shape index (κ2) is 5.42. The minimum atomic E-state index is 0.406. The summed E-state index contributed by atoms with van der Waals surface area (Å²) in [6, 6.07) is 8.21. The maximum atomic E-state index is 5.25. The third-order valence-electron chi connectivity index (χ3n) is 2.80. The van der Waals surface area contributed by atoms with Crippen molar-refractivity contribution in [3.8, 4) is 0 Å². The monoisotopic (exact) mass is 325 g/mol. The number of benzene rings is 1. The molecule has 2 aromatic rings. The molecular formula is C12H12BrN3OS. The molecule has 94 valence electrons. The molecule has 1 aliphatic rings. The van der Waals surface area contributed by atoms with Crippen LogP contribution in [0.3, 0.4) is 0 Å². The summed E-state index contributed by atoms with van der Waals surface area (Å²) in [5, 5.41) is 7.20. The molecule has 6 heteroatoms. The summed E-state index contributed by atoms with van der Waals surface area (Å²) < 4.78 is 6.34. The number of nitrogens with zero attached hydrogens (tertiary/aromatic N) is 2. The molecule has 1 aromatic carbocycles. The first-order valence-corrected chi connectivity index (χ1v) is 7.51. The van der Waals surface area contributed by atoms with Gasteiger partial charge in [0.05, 0.1) is 11.7 Å². The van der Waals surface area contributed by atoms with Crippen LogP contribution in [-0.2, 0) is 5.75 Å². The molecular weight excluding hydrogens is 314 g/mol. The van der Waals surface area contributed by atoms with Gasteiger partial charge in [0.25, 0.3) is 0 Å². The van der Waals surface area contributed by atoms with Gasteiger partial charge in [-0.15, -0.1) is 11.8 Å². The summed E-state index contributed by atoms with van der Waals surface area (Å²) in [6.45, 7) is 1.89. The fourth-order valence-corrected chi connectivity index (χ4v) is 2.64. The number of hydrogen-bond acceptors (Lipinski definition) is 5. The summed E-state index contributed by atoms with van der Waals surface area (Å²) in [4.78, 5) is 5.62. The van der Waals surface area contributed by atoms with Crippen molar-refractivity contribution in [1.82, 2.24) is 15.5 Å². The molecule has 1 saturated heterocycles. The van der Waals surface area contributed by atoms with Gasteiger partial charge in [-0.25, -0.2) is 0 Å². The van der Waals surface area contributed by atoms with E-state index >= 15 is 0 Å². The lowest BCUT2D eigenvalue weighted by Gasteiger charge is -2.22. The predicted octanol–water partition coefficient (Wildman–Crippen LogP) is 2.81. The number of halogens is 1. The molecule has 3 rings (SSSR count). The van der Waals surface area contributed by atoms with E-state index in [1.807, 2.05) is 12.1 Å². The van der Waals surface area contributed by atoms with Gasteiger partial charge in [0.2, 0.25) is 5.89 Å². The zero-order valence-corrected chi connectivity index (χ0v) is 12.0. The van der Waals surface area contributed by atoms with Crippen LogP contribution in [0.25, 0.3) is 0 Å². The van der Waals surface area contributed by atoms with Crippen LogP contribution < -0.4 is 5.32 Å². The highest BCUT2D eigenvalue weighted by Gasteiger charge is 2.24. The average Bonchev–Trinajstić information content (AvgIpc) is 2.75. The van der Waals surface area contributed by atoms with Gasteiger partial charge in [-0.1, -0.05) is 21.1 Å². The van der Waals surface area contributed by atoms with Crippen LogP contribution in [-0.4, -0.2) is 23.2 Å². The fraction of sp³-hybridized carbons (Fsp3) is 0.333. The van der Waals surface area contributed by atoms with Gasteiger partial charge in [-0.3, -0.25) is 0 Å². The quantitative estimate of drug-likeness (QED) is 0.876. The van der Waals surface area contributed by atoms with Crippen molar-refractivity contribution in [3.05, 3.63) is 40.5 Å². The Hall–Kier alpha value is -0.850. The highest BCUT2D eigenvalue weighted by atomic mass is 79.9. The largest absolute Gasteiger partial charge is 0.339 e. The molecule has 0 atom stereocenters. The lowest BCUT2D eigenvalue weighted by Crippen LogP contribution is -2.40. The van der Waals surface area contributed by atoms with Gasteiger partial charge in [-0.2, -0.15) is 4.98 Å². The van der Waals surface area contributed by atoms with Crippen molar-refractivity contribution in [2.45, 2.75) is 16.6 Å². The Balaban J connectivity index is 1.59. The Morgan fingerprint density at radius 3 is 2.78 bits per heavy atom. The first kappa shape index (κ1) is 12.2. The molecule has 18 heavy (non-hydrogen) atoms. The summed E-state index contributed by atoms with van der Waals surface area (Å²) in [7, 11) is 0. The lowest BCUT2D eigenvalue weighted by molar-refractivity contribution is 0.306. The average molecular weight is 326 g/mol. The minimum absolute atomic E-state index is 0.406. The summed E-state index contributed by atoms with van der Waals surface area (Å²) >= 11 is 5.13. The van der Waals surface area contributed by atoms with Gasteiger partial charge in [0.15, 0.2) is 5.82 Å². The number of hydrogen-bond donors (Lipinski definition) is 1. The lowest BCUT2D eigenvalue weighted by atomic mass is 10.0. The molecule has 4 nitrogen and oxygen atoms in total. The van der Waals surface area contributed by atoms with E-state index in [2.05, 4.69) is 43.5 Å². The smallest absolute Gasteiger partial charge is 0.232 e. The van der Waals surface area contributed by atoms with Crippen LogP contribution in [0.15, 0.2) is 38.2 Å². The second-order valence-electron chi connectivity index (χ2n) is 4.15. The van der Waals surface area contributed by atoms with Crippen LogP contribution in [0.2, 0.25) is 0 Å². The van der Waals surface area contributed by atoms with Crippen LogP contribution in [0.1, 0.15) is 17.6 Å². The molecule has 1 aliphatic heterocycles. The second-order valence-corrected chi connectivity index (χ2v) is 6.11. The molecule has 1 N–H and O–H groups in total. The topological polar surface area (TPSA) is 51.0 Å². The zero-order chi connectivity index (χ0) is 12.4. The van der Waals surface area contributed by atoms with E-state index in [0.29, 0.717) is 5.92 Å². The van der Waals surface area contributed by atoms with Crippen molar-refractivity contribution in [2.24, 2.45) is 0 Å². The van der Waals surface area contributed by atoms with E-state index < -0.39 is 0 Å². The predicted molar refractivity (Wildman–Crippen MR) is 73.6 cm³/mol. The molecule has 0 amide bonds. The van der Waals surface area contributed by atoms with Gasteiger partial charge in [-0.05, 0) is 24.3 Å². The molecule has 0 bridgehead atoms. The van der Waals surface area contributed by atoms with Gasteiger partial charge in [0, 0.05) is 22.5 Å². The highest BCUT2D eigenvalue weighted by molar-refractivity contribution is 9.10. The summed E-state index contributed by atoms with van der Waals surface area (Å²) in [5.74, 6) is 2.68. The van der Waals surface area contributed by atoms with Crippen LogP contribution in [0.4, 0.5) is 0 Å². The number of nitrogens with one attached hydrogen (secondary N) is 1. The standard InChI is InChI=1S/C12H12BrN3OS/c13-9-1-3-10(4-2-9)18-7-11-15-12(17-16-11)8-5-14-6-8/h1-4,8,14H,5-7H2. The first-order chi connectivity index (χ1) is 8.81. The van der Waals surface area contributed by atoms with Gasteiger partial charge < -0.3 is 9.84 Å². The van der Waals surface area contributed by atoms with Crippen LogP contribution in [0, 0.1) is 0 Å². The fourth-order valence-electron chi connectivity index (χ4n) is 1.63. The van der Waals surface area contributed by atoms with Crippen molar-refractivity contribution in [1.29, 1.82) is 0 Å². The summed E-state index contributed by atoms with van der Waals surface area (Å²) in [6.07, 6.45) is 0. The van der Waals surface area contributed by atoms with Crippen molar-refractivity contribution < 1.29 is 4.52 Å². The van der Waals surface area contributed by atoms with Crippen LogP contribution in [0.5, 0.6) is 0 Å². The summed E-state index contributed by atoms with van der Waals surface area (Å²) in [5.41, 5.74) is 0. The zero-order valence-electron chi connectivity index (χ0n) is 9.60. The number of rotatable bonds is 4. The van der Waals surface area contributed by atoms with Gasteiger partial charge in [0.1, 0.15) is 0 Å². The molecule has 1 fully saturated rings.